The van der Waals surface area contributed by atoms with Crippen LogP contribution in [0, 0.1) is 5.92 Å². The van der Waals surface area contributed by atoms with Crippen LogP contribution in [0.2, 0.25) is 0 Å². The van der Waals surface area contributed by atoms with Gasteiger partial charge in [-0.2, -0.15) is 0 Å². The molecule has 3 N–H and O–H groups in total. The molecule has 1 amide bonds. The minimum Gasteiger partial charge on any atom is -0.508 e. The zero-order valence-electron chi connectivity index (χ0n) is 17.8. The lowest BCUT2D eigenvalue weighted by molar-refractivity contribution is -0.131. The summed E-state index contributed by atoms with van der Waals surface area (Å²) in [7, 11) is 0. The van der Waals surface area contributed by atoms with E-state index in [2.05, 4.69) is 15.8 Å². The third-order valence-electron chi connectivity index (χ3n) is 6.30. The molecule has 7 nitrogen and oxygen atoms in total. The number of nitrogens with one attached hydrogen (secondary N) is 2. The van der Waals surface area contributed by atoms with Gasteiger partial charge in [-0.1, -0.05) is 30.3 Å². The van der Waals surface area contributed by atoms with Gasteiger partial charge in [0.05, 0.1) is 18.7 Å². The van der Waals surface area contributed by atoms with Gasteiger partial charge in [0.2, 0.25) is 5.91 Å². The van der Waals surface area contributed by atoms with Crippen LogP contribution in [0.25, 0.3) is 0 Å². The predicted octanol–water partition coefficient (Wildman–Crippen LogP) is 3.10. The van der Waals surface area contributed by atoms with Gasteiger partial charge in [-0.25, -0.2) is 10.9 Å². The number of rotatable bonds is 6. The van der Waals surface area contributed by atoms with Crippen LogP contribution in [0.3, 0.4) is 0 Å². The number of ether oxygens (including phenoxy) is 1. The number of hydrazine groups is 1. The van der Waals surface area contributed by atoms with Crippen LogP contribution in [0.5, 0.6) is 11.5 Å². The maximum Gasteiger partial charge on any atom is 0.242 e. The molecule has 2 aliphatic heterocycles. The summed E-state index contributed by atoms with van der Waals surface area (Å²) < 4.78 is 5.75. The van der Waals surface area contributed by atoms with Gasteiger partial charge in [0.1, 0.15) is 17.5 Å². The van der Waals surface area contributed by atoms with E-state index in [4.69, 9.17) is 4.74 Å². The van der Waals surface area contributed by atoms with E-state index in [1.54, 1.807) is 24.5 Å². The highest BCUT2D eigenvalue weighted by molar-refractivity contribution is 5.86. The molecule has 0 spiro atoms. The highest BCUT2D eigenvalue weighted by Crippen LogP contribution is 2.49. The number of pyridine rings is 1. The summed E-state index contributed by atoms with van der Waals surface area (Å²) >= 11 is 0. The molecule has 32 heavy (non-hydrogen) atoms. The van der Waals surface area contributed by atoms with Crippen molar-refractivity contribution in [2.75, 3.05) is 6.61 Å². The van der Waals surface area contributed by atoms with Crippen molar-refractivity contribution in [3.63, 3.8) is 0 Å². The van der Waals surface area contributed by atoms with Gasteiger partial charge in [-0.15, -0.1) is 0 Å². The number of likely N-dealkylation sites (tertiary alicyclic amines) is 1. The molecule has 4 atom stereocenters. The van der Waals surface area contributed by atoms with Gasteiger partial charge in [-0.3, -0.25) is 9.78 Å². The highest BCUT2D eigenvalue weighted by atomic mass is 16.5. The maximum absolute atomic E-state index is 13.6. The van der Waals surface area contributed by atoms with Crippen molar-refractivity contribution in [3.05, 3.63) is 89.7 Å². The third kappa shape index (κ3) is 3.59. The second-order valence-corrected chi connectivity index (χ2v) is 8.15. The van der Waals surface area contributed by atoms with E-state index in [9.17, 15) is 9.90 Å². The number of phenolic OH excluding ortho intramolecular Hbond substituents is 1. The molecule has 2 fully saturated rings. The number of benzene rings is 2. The van der Waals surface area contributed by atoms with E-state index >= 15 is 0 Å². The molecule has 0 saturated carbocycles. The minimum absolute atomic E-state index is 0.0315. The quantitative estimate of drug-likeness (QED) is 0.557. The molecule has 0 radical (unpaired) electrons. The van der Waals surface area contributed by atoms with Crippen molar-refractivity contribution >= 4 is 5.91 Å². The molecule has 4 unspecified atom stereocenters. The van der Waals surface area contributed by atoms with E-state index in [0.717, 1.165) is 22.4 Å². The average Bonchev–Trinajstić information content (AvgIpc) is 3.35. The Morgan fingerprint density at radius 3 is 2.59 bits per heavy atom. The number of para-hydroxylation sites is 1. The molecule has 7 heteroatoms. The number of phenols is 1. The number of hydrogen-bond donors (Lipinski definition) is 3. The Morgan fingerprint density at radius 2 is 1.81 bits per heavy atom. The summed E-state index contributed by atoms with van der Waals surface area (Å²) in [6.07, 6.45) is 3.48. The largest absolute Gasteiger partial charge is 0.508 e. The lowest BCUT2D eigenvalue weighted by atomic mass is 9.83. The van der Waals surface area contributed by atoms with Gasteiger partial charge in [0.15, 0.2) is 0 Å². The zero-order chi connectivity index (χ0) is 22.1. The summed E-state index contributed by atoms with van der Waals surface area (Å²) in [4.78, 5) is 19.6. The second kappa shape index (κ2) is 8.61. The fourth-order valence-corrected chi connectivity index (χ4v) is 4.93. The van der Waals surface area contributed by atoms with Crippen LogP contribution in [-0.2, 0) is 11.3 Å². The Kier molecular flexibility index (Phi) is 5.51. The maximum atomic E-state index is 13.6. The van der Waals surface area contributed by atoms with Crippen LogP contribution in [0.4, 0.5) is 0 Å². The minimum atomic E-state index is -0.401. The molecule has 3 aromatic rings. The molecular weight excluding hydrogens is 404 g/mol. The first kappa shape index (κ1) is 20.5. The van der Waals surface area contributed by atoms with Gasteiger partial charge in [0.25, 0.3) is 0 Å². The summed E-state index contributed by atoms with van der Waals surface area (Å²) in [5, 5.41) is 10.5. The van der Waals surface area contributed by atoms with E-state index < -0.39 is 6.04 Å². The number of nitrogens with zero attached hydrogens (tertiary/aromatic N) is 2. The van der Waals surface area contributed by atoms with Crippen LogP contribution in [0.15, 0.2) is 73.1 Å². The third-order valence-corrected chi connectivity index (χ3v) is 6.30. The zero-order valence-corrected chi connectivity index (χ0v) is 17.8. The normalized spacial score (nSPS) is 24.5. The fourth-order valence-electron chi connectivity index (χ4n) is 4.93. The van der Waals surface area contributed by atoms with Crippen LogP contribution >= 0.6 is 0 Å². The van der Waals surface area contributed by atoms with E-state index in [1.165, 1.54) is 0 Å². The molecular formula is C25H26N4O3. The summed E-state index contributed by atoms with van der Waals surface area (Å²) in [5.41, 5.74) is 9.28. The number of aromatic hydroxyl groups is 1. The molecule has 1 aromatic heterocycles. The Bertz CT molecular complexity index is 1110. The van der Waals surface area contributed by atoms with Crippen molar-refractivity contribution in [3.8, 4) is 11.5 Å². The average molecular weight is 431 g/mol. The van der Waals surface area contributed by atoms with Crippen molar-refractivity contribution in [2.45, 2.75) is 31.6 Å². The van der Waals surface area contributed by atoms with E-state index in [0.29, 0.717) is 13.2 Å². The SMILES string of the molecule is CCOc1cccc(C2C3C(NNC3c3ccccc3O)C(=O)N2Cc2ccncc2)c1. The van der Waals surface area contributed by atoms with Gasteiger partial charge in [-0.05, 0) is 48.4 Å². The van der Waals surface area contributed by atoms with Gasteiger partial charge in [0, 0.05) is 30.4 Å². The monoisotopic (exact) mass is 430 g/mol. The highest BCUT2D eigenvalue weighted by Gasteiger charge is 2.55. The Morgan fingerprint density at radius 1 is 1.03 bits per heavy atom. The van der Waals surface area contributed by atoms with Crippen molar-refractivity contribution in [1.29, 1.82) is 0 Å². The number of carbonyl (C=O) groups is 1. The molecule has 2 aliphatic rings. The van der Waals surface area contributed by atoms with Crippen LogP contribution < -0.4 is 15.6 Å². The van der Waals surface area contributed by atoms with E-state index in [-0.39, 0.29) is 29.7 Å². The molecule has 2 aromatic carbocycles. The molecule has 0 bridgehead atoms. The van der Waals surface area contributed by atoms with Crippen molar-refractivity contribution < 1.29 is 14.6 Å². The smallest absolute Gasteiger partial charge is 0.242 e. The summed E-state index contributed by atoms with van der Waals surface area (Å²) in [5.74, 6) is 0.913. The Labute approximate surface area is 187 Å². The van der Waals surface area contributed by atoms with Gasteiger partial charge >= 0.3 is 0 Å². The van der Waals surface area contributed by atoms with Crippen LogP contribution in [-0.4, -0.2) is 33.5 Å². The predicted molar refractivity (Wildman–Crippen MR) is 120 cm³/mol. The van der Waals surface area contributed by atoms with Crippen LogP contribution in [0.1, 0.15) is 35.7 Å². The Hall–Kier alpha value is -3.42. The molecule has 2 saturated heterocycles. The standard InChI is InChI=1S/C25H26N4O3/c1-2-32-18-7-5-6-17(14-18)24-21-22(19-8-3-4-9-20(19)30)27-28-23(21)25(31)29(24)15-16-10-12-26-13-11-16/h3-14,21-24,27-28,30H,2,15H2,1H3. The lowest BCUT2D eigenvalue weighted by Crippen LogP contribution is -2.41. The molecule has 0 aliphatic carbocycles. The summed E-state index contributed by atoms with van der Waals surface area (Å²) in [6, 6.07) is 18.3. The number of aromatic nitrogens is 1. The number of hydrogen-bond acceptors (Lipinski definition) is 6. The topological polar surface area (TPSA) is 86.7 Å². The molecule has 164 valence electrons. The number of amides is 1. The van der Waals surface area contributed by atoms with Crippen molar-refractivity contribution in [2.24, 2.45) is 5.92 Å². The number of carbonyl (C=O) groups excluding carboxylic acids is 1. The van der Waals surface area contributed by atoms with Gasteiger partial charge < -0.3 is 14.7 Å². The molecule has 5 rings (SSSR count). The lowest BCUT2D eigenvalue weighted by Gasteiger charge is -2.31. The van der Waals surface area contributed by atoms with Crippen molar-refractivity contribution in [1.82, 2.24) is 20.7 Å². The first-order valence-electron chi connectivity index (χ1n) is 10.9. The first-order valence-corrected chi connectivity index (χ1v) is 10.9. The van der Waals surface area contributed by atoms with E-state index in [1.807, 2.05) is 60.4 Å². The Balaban J connectivity index is 1.58. The summed E-state index contributed by atoms with van der Waals surface area (Å²) in [6.45, 7) is 3.01. The molecule has 3 heterocycles. The fraction of sp³-hybridized carbons (Fsp3) is 0.280. The second-order valence-electron chi connectivity index (χ2n) is 8.15. The number of fused-ring (bicyclic) bond motifs is 1. The first-order chi connectivity index (χ1) is 15.7.